The summed E-state index contributed by atoms with van der Waals surface area (Å²) in [6.07, 6.45) is 3.50. The minimum absolute atomic E-state index is 0. The molecule has 0 saturated carbocycles. The first kappa shape index (κ1) is 7.79. The van der Waals surface area contributed by atoms with Crippen LogP contribution in [0, 0.1) is 0 Å². The molecule has 1 nitrogen and oxygen atoms in total. The molecule has 0 fully saturated rings. The summed E-state index contributed by atoms with van der Waals surface area (Å²) in [6.45, 7) is 0. The number of hydrogen-bond acceptors (Lipinski definition) is 1. The SMILES string of the molecule is [H-].[K+].c1ccncc1. The van der Waals surface area contributed by atoms with E-state index in [9.17, 15) is 0 Å². The van der Waals surface area contributed by atoms with Crippen molar-refractivity contribution in [1.29, 1.82) is 0 Å². The number of hydrogen-bond donors (Lipinski definition) is 0. The van der Waals surface area contributed by atoms with Crippen LogP contribution in [0.2, 0.25) is 0 Å². The zero-order valence-corrected chi connectivity index (χ0v) is 7.46. The summed E-state index contributed by atoms with van der Waals surface area (Å²) in [6, 6.07) is 5.72. The largest absolute Gasteiger partial charge is 1.00 e. The molecule has 0 atom stereocenters. The minimum atomic E-state index is 0. The van der Waals surface area contributed by atoms with Crippen LogP contribution >= 0.6 is 0 Å². The molecule has 0 saturated heterocycles. The van der Waals surface area contributed by atoms with Gasteiger partial charge in [-0.3, -0.25) is 4.98 Å². The molecule has 1 rings (SSSR count). The smallest absolute Gasteiger partial charge is 1.00 e. The monoisotopic (exact) mass is 119 g/mol. The molecule has 1 aromatic heterocycles. The van der Waals surface area contributed by atoms with Crippen molar-refractivity contribution >= 4 is 0 Å². The molecular weight excluding hydrogens is 113 g/mol. The van der Waals surface area contributed by atoms with E-state index in [0.717, 1.165) is 0 Å². The van der Waals surface area contributed by atoms with Crippen LogP contribution in [0.1, 0.15) is 1.43 Å². The molecule has 0 aliphatic carbocycles. The van der Waals surface area contributed by atoms with Crippen molar-refractivity contribution in [3.8, 4) is 0 Å². The second-order valence-electron chi connectivity index (χ2n) is 1.02. The van der Waals surface area contributed by atoms with Crippen molar-refractivity contribution in [2.75, 3.05) is 0 Å². The molecule has 7 heavy (non-hydrogen) atoms. The van der Waals surface area contributed by atoms with E-state index in [-0.39, 0.29) is 52.8 Å². The molecule has 0 N–H and O–H groups in total. The van der Waals surface area contributed by atoms with Gasteiger partial charge in [-0.05, 0) is 12.1 Å². The van der Waals surface area contributed by atoms with Crippen LogP contribution in [0.4, 0.5) is 0 Å². The topological polar surface area (TPSA) is 12.9 Å². The number of nitrogens with zero attached hydrogens (tertiary/aromatic N) is 1. The van der Waals surface area contributed by atoms with Gasteiger partial charge in [-0.15, -0.1) is 0 Å². The van der Waals surface area contributed by atoms with Crippen molar-refractivity contribution in [3.05, 3.63) is 30.6 Å². The van der Waals surface area contributed by atoms with Gasteiger partial charge < -0.3 is 1.43 Å². The standard InChI is InChI=1S/C5H5N.K.H/c1-2-4-6-5-3-1;;/h1-5H;;/q;+1;-1. The van der Waals surface area contributed by atoms with Crippen LogP contribution < -0.4 is 51.4 Å². The van der Waals surface area contributed by atoms with Crippen molar-refractivity contribution in [1.82, 2.24) is 4.98 Å². The quantitative estimate of drug-likeness (QED) is 0.367. The second kappa shape index (κ2) is 4.93. The Hall–Kier alpha value is 0.786. The maximum atomic E-state index is 3.78. The third-order valence-corrected chi connectivity index (χ3v) is 0.566. The fourth-order valence-corrected chi connectivity index (χ4v) is 0.313. The molecular formula is C5H6KN. The first-order valence-electron chi connectivity index (χ1n) is 1.85. The maximum Gasteiger partial charge on any atom is 1.00 e. The van der Waals surface area contributed by atoms with Gasteiger partial charge in [0.2, 0.25) is 0 Å². The average Bonchev–Trinajstić information content (AvgIpc) is 1.72. The van der Waals surface area contributed by atoms with Crippen molar-refractivity contribution < 1.29 is 52.8 Å². The van der Waals surface area contributed by atoms with E-state index in [1.807, 2.05) is 18.2 Å². The zero-order chi connectivity index (χ0) is 4.24. The summed E-state index contributed by atoms with van der Waals surface area (Å²) in [5.41, 5.74) is 0. The molecule has 0 radical (unpaired) electrons. The van der Waals surface area contributed by atoms with Gasteiger partial charge in [0.05, 0.1) is 0 Å². The Labute approximate surface area is 87.1 Å². The summed E-state index contributed by atoms with van der Waals surface area (Å²) in [7, 11) is 0. The molecule has 0 aliphatic heterocycles. The molecule has 0 aliphatic rings. The molecule has 0 unspecified atom stereocenters. The van der Waals surface area contributed by atoms with Gasteiger partial charge in [0, 0.05) is 12.4 Å². The van der Waals surface area contributed by atoms with E-state index in [1.165, 1.54) is 0 Å². The fraction of sp³-hybridized carbons (Fsp3) is 0. The third kappa shape index (κ3) is 3.38. The average molecular weight is 119 g/mol. The van der Waals surface area contributed by atoms with Crippen LogP contribution in [0.15, 0.2) is 30.6 Å². The predicted molar refractivity (Wildman–Crippen MR) is 25.3 cm³/mol. The molecule has 2 heteroatoms. The van der Waals surface area contributed by atoms with Gasteiger partial charge in [0.25, 0.3) is 0 Å². The Morgan fingerprint density at radius 1 is 1.00 bits per heavy atom. The molecule has 1 aromatic rings. The van der Waals surface area contributed by atoms with Crippen LogP contribution in [0.5, 0.6) is 0 Å². The van der Waals surface area contributed by atoms with E-state index in [2.05, 4.69) is 4.98 Å². The van der Waals surface area contributed by atoms with E-state index in [4.69, 9.17) is 0 Å². The van der Waals surface area contributed by atoms with Crippen molar-refractivity contribution in [3.63, 3.8) is 0 Å². The minimum Gasteiger partial charge on any atom is -1.00 e. The van der Waals surface area contributed by atoms with Gasteiger partial charge in [0.1, 0.15) is 0 Å². The van der Waals surface area contributed by atoms with E-state index in [1.54, 1.807) is 12.4 Å². The molecule has 0 bridgehead atoms. The number of pyridine rings is 1. The van der Waals surface area contributed by atoms with Gasteiger partial charge in [0.15, 0.2) is 0 Å². The van der Waals surface area contributed by atoms with E-state index >= 15 is 0 Å². The fourth-order valence-electron chi connectivity index (χ4n) is 0.313. The Balaban J connectivity index is 0. The molecule has 1 heterocycles. The Bertz CT molecular complexity index is 84.4. The molecule has 0 spiro atoms. The van der Waals surface area contributed by atoms with Crippen LogP contribution in [-0.4, -0.2) is 4.98 Å². The predicted octanol–water partition coefficient (Wildman–Crippen LogP) is -1.80. The van der Waals surface area contributed by atoms with E-state index in [0.29, 0.717) is 0 Å². The first-order valence-corrected chi connectivity index (χ1v) is 1.85. The molecule has 32 valence electrons. The normalized spacial score (nSPS) is 6.86. The summed E-state index contributed by atoms with van der Waals surface area (Å²) in [5.74, 6) is 0. The third-order valence-electron chi connectivity index (χ3n) is 0.566. The molecule has 0 aromatic carbocycles. The summed E-state index contributed by atoms with van der Waals surface area (Å²) < 4.78 is 0. The summed E-state index contributed by atoms with van der Waals surface area (Å²) in [5, 5.41) is 0. The van der Waals surface area contributed by atoms with Gasteiger partial charge in [-0.2, -0.15) is 0 Å². The zero-order valence-electron chi connectivity index (χ0n) is 5.33. The van der Waals surface area contributed by atoms with Gasteiger partial charge >= 0.3 is 51.4 Å². The Kier molecular flexibility index (Phi) is 5.49. The maximum absolute atomic E-state index is 3.78. The van der Waals surface area contributed by atoms with Gasteiger partial charge in [-0.1, -0.05) is 6.07 Å². The van der Waals surface area contributed by atoms with Crippen LogP contribution in [0.3, 0.4) is 0 Å². The van der Waals surface area contributed by atoms with Crippen molar-refractivity contribution in [2.24, 2.45) is 0 Å². The van der Waals surface area contributed by atoms with E-state index < -0.39 is 0 Å². The summed E-state index contributed by atoms with van der Waals surface area (Å²) >= 11 is 0. The second-order valence-corrected chi connectivity index (χ2v) is 1.02. The van der Waals surface area contributed by atoms with Crippen LogP contribution in [0.25, 0.3) is 0 Å². The molecule has 0 amide bonds. The van der Waals surface area contributed by atoms with Crippen molar-refractivity contribution in [2.45, 2.75) is 0 Å². The first-order chi connectivity index (χ1) is 3.00. The van der Waals surface area contributed by atoms with Gasteiger partial charge in [-0.25, -0.2) is 0 Å². The summed E-state index contributed by atoms with van der Waals surface area (Å²) in [4.78, 5) is 3.78. The Morgan fingerprint density at radius 2 is 1.57 bits per heavy atom. The Morgan fingerprint density at radius 3 is 1.71 bits per heavy atom. The van der Waals surface area contributed by atoms with Crippen LogP contribution in [-0.2, 0) is 0 Å². The number of rotatable bonds is 0. The number of aromatic nitrogens is 1.